The van der Waals surface area contributed by atoms with Crippen LogP contribution in [0.3, 0.4) is 0 Å². The number of hydrogen-bond donors (Lipinski definition) is 1. The van der Waals surface area contributed by atoms with Crippen LogP contribution in [0, 0.1) is 10.1 Å². The maximum atomic E-state index is 10.8. The molecule has 0 unspecified atom stereocenters. The van der Waals surface area contributed by atoms with Crippen LogP contribution in [0.1, 0.15) is 17.5 Å². The molecule has 2 aromatic rings. The molecule has 0 fully saturated rings. The van der Waals surface area contributed by atoms with Gasteiger partial charge in [-0.25, -0.2) is 4.99 Å². The van der Waals surface area contributed by atoms with E-state index in [1.165, 1.54) is 23.4 Å². The summed E-state index contributed by atoms with van der Waals surface area (Å²) in [5.41, 5.74) is 3.52. The Morgan fingerprint density at radius 3 is 2.78 bits per heavy atom. The quantitative estimate of drug-likeness (QED) is 0.267. The molecule has 0 bridgehead atoms. The van der Waals surface area contributed by atoms with Gasteiger partial charge in [-0.05, 0) is 30.0 Å². The normalized spacial score (nSPS) is 13.5. The Balaban J connectivity index is 1.75. The lowest BCUT2D eigenvalue weighted by Crippen LogP contribution is -2.41. The van der Waals surface area contributed by atoms with Gasteiger partial charge in [-0.2, -0.15) is 0 Å². The Hall–Kier alpha value is -2.93. The van der Waals surface area contributed by atoms with Gasteiger partial charge in [0.15, 0.2) is 5.96 Å². The van der Waals surface area contributed by atoms with Crippen LogP contribution in [0.4, 0.5) is 11.4 Å². The van der Waals surface area contributed by atoms with E-state index in [0.717, 1.165) is 37.5 Å². The lowest BCUT2D eigenvalue weighted by molar-refractivity contribution is -0.384. The molecule has 142 valence electrons. The third kappa shape index (κ3) is 4.83. The molecule has 1 aliphatic heterocycles. The van der Waals surface area contributed by atoms with E-state index in [2.05, 4.69) is 28.4 Å². The van der Waals surface area contributed by atoms with E-state index in [1.54, 1.807) is 19.2 Å². The van der Waals surface area contributed by atoms with Crippen molar-refractivity contribution in [3.05, 3.63) is 69.8 Å². The van der Waals surface area contributed by atoms with Crippen LogP contribution in [-0.4, -0.2) is 37.7 Å². The van der Waals surface area contributed by atoms with Crippen molar-refractivity contribution in [2.24, 2.45) is 4.99 Å². The van der Waals surface area contributed by atoms with Gasteiger partial charge in [0.1, 0.15) is 0 Å². The summed E-state index contributed by atoms with van der Waals surface area (Å²) < 4.78 is 5.12. The molecule has 2 aromatic carbocycles. The number of nitrogens with one attached hydrogen (secondary N) is 1. The van der Waals surface area contributed by atoms with E-state index in [9.17, 15) is 10.1 Å². The first-order chi connectivity index (χ1) is 13.2. The second kappa shape index (κ2) is 9.14. The van der Waals surface area contributed by atoms with Crippen molar-refractivity contribution in [1.82, 2.24) is 5.32 Å². The standard InChI is InChI=1S/C20H24N4O3/c1-27-14-4-12-21-20(23-13-11-17-5-2-3-6-19(17)23)22-15-16-7-9-18(10-8-16)24(25)26/h2-3,5-10H,4,11-15H2,1H3,(H,21,22). The molecule has 0 radical (unpaired) electrons. The number of methoxy groups -OCH3 is 1. The van der Waals surface area contributed by atoms with Gasteiger partial charge in [-0.15, -0.1) is 0 Å². The largest absolute Gasteiger partial charge is 0.385 e. The molecule has 7 heteroatoms. The predicted molar refractivity (Wildman–Crippen MR) is 106 cm³/mol. The summed E-state index contributed by atoms with van der Waals surface area (Å²) in [4.78, 5) is 17.4. The highest BCUT2D eigenvalue weighted by Crippen LogP contribution is 2.27. The minimum atomic E-state index is -0.392. The van der Waals surface area contributed by atoms with Gasteiger partial charge in [-0.3, -0.25) is 10.1 Å². The number of para-hydroxylation sites is 1. The molecule has 0 amide bonds. The fraction of sp³-hybridized carbons (Fsp3) is 0.350. The van der Waals surface area contributed by atoms with E-state index in [4.69, 9.17) is 9.73 Å². The zero-order chi connectivity index (χ0) is 19.1. The van der Waals surface area contributed by atoms with E-state index in [-0.39, 0.29) is 5.69 Å². The van der Waals surface area contributed by atoms with Crippen LogP contribution < -0.4 is 10.2 Å². The maximum Gasteiger partial charge on any atom is 0.269 e. The van der Waals surface area contributed by atoms with Gasteiger partial charge >= 0.3 is 0 Å². The highest BCUT2D eigenvalue weighted by Gasteiger charge is 2.22. The van der Waals surface area contributed by atoms with Gasteiger partial charge in [0.2, 0.25) is 0 Å². The summed E-state index contributed by atoms with van der Waals surface area (Å²) in [7, 11) is 1.69. The van der Waals surface area contributed by atoms with E-state index in [1.807, 2.05) is 6.07 Å². The molecular weight excluding hydrogens is 344 g/mol. The van der Waals surface area contributed by atoms with Gasteiger partial charge in [0.05, 0.1) is 11.5 Å². The number of hydrogen-bond acceptors (Lipinski definition) is 4. The lowest BCUT2D eigenvalue weighted by atomic mass is 10.2. The van der Waals surface area contributed by atoms with Crippen LogP contribution in [0.2, 0.25) is 0 Å². The predicted octanol–water partition coefficient (Wildman–Crippen LogP) is 3.14. The van der Waals surface area contributed by atoms with Gasteiger partial charge in [0, 0.05) is 44.6 Å². The second-order valence-corrected chi connectivity index (χ2v) is 6.37. The number of benzene rings is 2. The minimum absolute atomic E-state index is 0.0918. The summed E-state index contributed by atoms with van der Waals surface area (Å²) in [6, 6.07) is 14.9. The molecule has 7 nitrogen and oxygen atoms in total. The van der Waals surface area contributed by atoms with Crippen LogP contribution >= 0.6 is 0 Å². The number of aliphatic imine (C=N–C) groups is 1. The summed E-state index contributed by atoms with van der Waals surface area (Å²) in [5.74, 6) is 0.828. The Labute approximate surface area is 158 Å². The average Bonchev–Trinajstić information content (AvgIpc) is 3.12. The Kier molecular flexibility index (Phi) is 6.38. The first-order valence-electron chi connectivity index (χ1n) is 9.05. The first kappa shape index (κ1) is 18.8. The summed E-state index contributed by atoms with van der Waals surface area (Å²) in [6.45, 7) is 2.81. The molecule has 0 spiro atoms. The number of fused-ring (bicyclic) bond motifs is 1. The van der Waals surface area contributed by atoms with Crippen molar-refractivity contribution >= 4 is 17.3 Å². The molecule has 3 rings (SSSR count). The first-order valence-corrected chi connectivity index (χ1v) is 9.05. The molecule has 1 aliphatic rings. The number of non-ortho nitro benzene ring substituents is 1. The molecule has 1 N–H and O–H groups in total. The molecule has 1 heterocycles. The maximum absolute atomic E-state index is 10.8. The van der Waals surface area contributed by atoms with Gasteiger partial charge in [0.25, 0.3) is 5.69 Å². The molecule has 0 saturated carbocycles. The highest BCUT2D eigenvalue weighted by molar-refractivity contribution is 5.97. The SMILES string of the molecule is COCCCNC(=NCc1ccc([N+](=O)[O-])cc1)N1CCc2ccccc21. The zero-order valence-electron chi connectivity index (χ0n) is 15.4. The number of guanidine groups is 1. The fourth-order valence-corrected chi connectivity index (χ4v) is 3.10. The average molecular weight is 368 g/mol. The highest BCUT2D eigenvalue weighted by atomic mass is 16.6. The Bertz CT molecular complexity index is 805. The molecule has 0 aromatic heterocycles. The number of nitro benzene ring substituents is 1. The third-order valence-corrected chi connectivity index (χ3v) is 4.51. The second-order valence-electron chi connectivity index (χ2n) is 6.37. The third-order valence-electron chi connectivity index (χ3n) is 4.51. The molecule has 0 aliphatic carbocycles. The summed E-state index contributed by atoms with van der Waals surface area (Å²) in [5, 5.41) is 14.2. The van der Waals surface area contributed by atoms with Crippen LogP contribution in [0.15, 0.2) is 53.5 Å². The number of anilines is 1. The number of nitro groups is 1. The molecule has 0 atom stereocenters. The number of nitrogens with zero attached hydrogens (tertiary/aromatic N) is 3. The van der Waals surface area contributed by atoms with Crippen LogP contribution in [-0.2, 0) is 17.7 Å². The lowest BCUT2D eigenvalue weighted by Gasteiger charge is -2.23. The van der Waals surface area contributed by atoms with Crippen molar-refractivity contribution < 1.29 is 9.66 Å². The molecule has 27 heavy (non-hydrogen) atoms. The fourth-order valence-electron chi connectivity index (χ4n) is 3.10. The van der Waals surface area contributed by atoms with Crippen LogP contribution in [0.25, 0.3) is 0 Å². The monoisotopic (exact) mass is 368 g/mol. The van der Waals surface area contributed by atoms with Gasteiger partial charge < -0.3 is 15.0 Å². The minimum Gasteiger partial charge on any atom is -0.385 e. The Morgan fingerprint density at radius 2 is 2.04 bits per heavy atom. The van der Waals surface area contributed by atoms with E-state index in [0.29, 0.717) is 13.2 Å². The summed E-state index contributed by atoms with van der Waals surface area (Å²) in [6.07, 6.45) is 1.88. The van der Waals surface area contributed by atoms with Gasteiger partial charge in [-0.1, -0.05) is 30.3 Å². The van der Waals surface area contributed by atoms with E-state index < -0.39 is 4.92 Å². The number of rotatable bonds is 7. The molecule has 0 saturated heterocycles. The Morgan fingerprint density at radius 1 is 1.26 bits per heavy atom. The van der Waals surface area contributed by atoms with E-state index >= 15 is 0 Å². The van der Waals surface area contributed by atoms with Crippen molar-refractivity contribution in [1.29, 1.82) is 0 Å². The zero-order valence-corrected chi connectivity index (χ0v) is 15.4. The smallest absolute Gasteiger partial charge is 0.269 e. The topological polar surface area (TPSA) is 80.0 Å². The van der Waals surface area contributed by atoms with Crippen molar-refractivity contribution in [3.8, 4) is 0 Å². The van der Waals surface area contributed by atoms with Crippen LogP contribution in [0.5, 0.6) is 0 Å². The van der Waals surface area contributed by atoms with Crippen molar-refractivity contribution in [2.45, 2.75) is 19.4 Å². The van der Waals surface area contributed by atoms with Crippen molar-refractivity contribution in [2.75, 3.05) is 31.7 Å². The summed E-state index contributed by atoms with van der Waals surface area (Å²) >= 11 is 0. The van der Waals surface area contributed by atoms with Crippen molar-refractivity contribution in [3.63, 3.8) is 0 Å². The molecular formula is C20H24N4O3. The number of ether oxygens (including phenoxy) is 1.